The van der Waals surface area contributed by atoms with E-state index in [1.54, 1.807) is 31.2 Å². The number of benzene rings is 1. The minimum absolute atomic E-state index is 0.182. The molecule has 3 rings (SSSR count). The predicted octanol–water partition coefficient (Wildman–Crippen LogP) is 1.90. The zero-order valence-electron chi connectivity index (χ0n) is 12.4. The summed E-state index contributed by atoms with van der Waals surface area (Å²) in [6, 6.07) is 6.97. The Morgan fingerprint density at radius 1 is 1.39 bits per heavy atom. The normalized spacial score (nSPS) is 10.7. The molecule has 2 aromatic heterocycles. The summed E-state index contributed by atoms with van der Waals surface area (Å²) >= 11 is 0. The van der Waals surface area contributed by atoms with Crippen molar-refractivity contribution in [3.63, 3.8) is 0 Å². The highest BCUT2D eigenvalue weighted by molar-refractivity contribution is 5.85. The highest BCUT2D eigenvalue weighted by atomic mass is 16.5. The van der Waals surface area contributed by atoms with Crippen LogP contribution in [0.25, 0.3) is 22.4 Å². The number of para-hydroxylation sites is 1. The smallest absolute Gasteiger partial charge is 0.347 e. The van der Waals surface area contributed by atoms with Gasteiger partial charge in [0.15, 0.2) is 11.3 Å². The predicted molar refractivity (Wildman–Crippen MR) is 81.9 cm³/mol. The van der Waals surface area contributed by atoms with Crippen LogP contribution >= 0.6 is 0 Å². The molecule has 8 heteroatoms. The molecule has 0 amide bonds. The molecule has 3 aromatic rings. The van der Waals surface area contributed by atoms with Gasteiger partial charge in [0, 0.05) is 5.39 Å². The van der Waals surface area contributed by atoms with Gasteiger partial charge in [0.1, 0.15) is 18.8 Å². The number of H-pyrrole nitrogens is 1. The van der Waals surface area contributed by atoms with Crippen molar-refractivity contribution in [1.82, 2.24) is 20.6 Å². The van der Waals surface area contributed by atoms with Gasteiger partial charge in [-0.05, 0) is 24.3 Å². The molecule has 0 unspecified atom stereocenters. The van der Waals surface area contributed by atoms with Gasteiger partial charge < -0.3 is 13.9 Å². The van der Waals surface area contributed by atoms with Gasteiger partial charge in [0.05, 0.1) is 5.76 Å². The zero-order chi connectivity index (χ0) is 16.2. The van der Waals surface area contributed by atoms with E-state index >= 15 is 0 Å². The third-order valence-corrected chi connectivity index (χ3v) is 3.00. The minimum atomic E-state index is -0.562. The second kappa shape index (κ2) is 6.30. The van der Waals surface area contributed by atoms with E-state index < -0.39 is 5.63 Å². The maximum absolute atomic E-state index is 12.1. The highest BCUT2D eigenvalue weighted by Gasteiger charge is 2.14. The number of aromatic nitrogens is 4. The fourth-order valence-electron chi connectivity index (χ4n) is 2.03. The largest absolute Gasteiger partial charge is 0.495 e. The maximum Gasteiger partial charge on any atom is 0.347 e. The van der Waals surface area contributed by atoms with E-state index in [2.05, 4.69) is 27.2 Å². The van der Waals surface area contributed by atoms with E-state index in [9.17, 15) is 4.79 Å². The van der Waals surface area contributed by atoms with Gasteiger partial charge in [-0.1, -0.05) is 18.7 Å². The number of ether oxygens (including phenoxy) is 2. The third kappa shape index (κ3) is 3.20. The van der Waals surface area contributed by atoms with Crippen molar-refractivity contribution >= 4 is 11.0 Å². The second-order valence-electron chi connectivity index (χ2n) is 4.76. The molecule has 0 fully saturated rings. The van der Waals surface area contributed by atoms with E-state index in [1.165, 1.54) is 0 Å². The van der Waals surface area contributed by atoms with Crippen LogP contribution in [0, 0.1) is 0 Å². The van der Waals surface area contributed by atoms with Gasteiger partial charge in [-0.2, -0.15) is 5.21 Å². The van der Waals surface area contributed by atoms with Crippen LogP contribution in [0.15, 0.2) is 45.8 Å². The van der Waals surface area contributed by atoms with Crippen LogP contribution in [-0.4, -0.2) is 33.8 Å². The second-order valence-corrected chi connectivity index (χ2v) is 4.76. The van der Waals surface area contributed by atoms with Gasteiger partial charge in [0.25, 0.3) is 0 Å². The summed E-state index contributed by atoms with van der Waals surface area (Å²) < 4.78 is 16.2. The van der Waals surface area contributed by atoms with Crippen molar-refractivity contribution in [2.24, 2.45) is 0 Å². The summed E-state index contributed by atoms with van der Waals surface area (Å²) in [5.74, 6) is 1.26. The lowest BCUT2D eigenvalue weighted by Gasteiger charge is -2.09. The van der Waals surface area contributed by atoms with E-state index in [0.29, 0.717) is 35.7 Å². The number of fused-ring (bicyclic) bond motifs is 1. The van der Waals surface area contributed by atoms with Crippen molar-refractivity contribution < 1.29 is 13.9 Å². The average Bonchev–Trinajstić information content (AvgIpc) is 3.05. The molecule has 1 N–H and O–H groups in total. The van der Waals surface area contributed by atoms with Crippen LogP contribution in [0.3, 0.4) is 0 Å². The van der Waals surface area contributed by atoms with Crippen LogP contribution in [0.1, 0.15) is 6.92 Å². The molecule has 0 aliphatic rings. The molecule has 8 nitrogen and oxygen atoms in total. The maximum atomic E-state index is 12.1. The number of nitrogens with one attached hydrogen (secondary N) is 1. The van der Waals surface area contributed by atoms with Gasteiger partial charge in [-0.3, -0.25) is 0 Å². The van der Waals surface area contributed by atoms with Gasteiger partial charge in [-0.25, -0.2) is 4.79 Å². The summed E-state index contributed by atoms with van der Waals surface area (Å²) in [5.41, 5.74) is 0.0298. The lowest BCUT2D eigenvalue weighted by molar-refractivity contribution is 0.158. The molecule has 0 radical (unpaired) electrons. The number of rotatable bonds is 6. The zero-order valence-corrected chi connectivity index (χ0v) is 12.4. The Balaban J connectivity index is 1.91. The molecule has 0 bridgehead atoms. The topological polar surface area (TPSA) is 103 Å². The number of aromatic amines is 1. The van der Waals surface area contributed by atoms with Crippen LogP contribution in [-0.2, 0) is 4.74 Å². The van der Waals surface area contributed by atoms with E-state index in [-0.39, 0.29) is 11.4 Å². The molecular weight excluding hydrogens is 300 g/mol. The number of nitrogens with zero attached hydrogens (tertiary/aromatic N) is 3. The van der Waals surface area contributed by atoms with E-state index in [1.807, 2.05) is 0 Å². The quantitative estimate of drug-likeness (QED) is 0.421. The fourth-order valence-corrected chi connectivity index (χ4v) is 2.03. The van der Waals surface area contributed by atoms with E-state index in [4.69, 9.17) is 13.9 Å². The van der Waals surface area contributed by atoms with Crippen molar-refractivity contribution in [3.8, 4) is 17.1 Å². The molecule has 0 aliphatic heterocycles. The standard InChI is InChI=1S/C15H14N4O4/c1-9(2)21-6-7-22-12-5-3-4-10-8-11(14-16-18-19-17-14)15(20)23-13(10)12/h3-5,8H,1,6-7H2,2H3,(H,16,17,18,19). The Morgan fingerprint density at radius 3 is 3.00 bits per heavy atom. The first-order valence-electron chi connectivity index (χ1n) is 6.87. The Kier molecular flexibility index (Phi) is 4.05. The highest BCUT2D eigenvalue weighted by Crippen LogP contribution is 2.26. The first-order valence-corrected chi connectivity index (χ1v) is 6.87. The minimum Gasteiger partial charge on any atom is -0.495 e. The van der Waals surface area contributed by atoms with Crippen molar-refractivity contribution in [2.45, 2.75) is 6.92 Å². The molecule has 1 aromatic carbocycles. The third-order valence-electron chi connectivity index (χ3n) is 3.00. The SMILES string of the molecule is C=C(C)OCCOc1cccc2cc(-c3nn[nH]n3)c(=O)oc12. The molecule has 0 atom stereocenters. The fraction of sp³-hybridized carbons (Fsp3) is 0.200. The van der Waals surface area contributed by atoms with Gasteiger partial charge in [0.2, 0.25) is 5.82 Å². The van der Waals surface area contributed by atoms with E-state index in [0.717, 1.165) is 0 Å². The number of tetrazole rings is 1. The Bertz CT molecular complexity index is 886. The Hall–Kier alpha value is -3.16. The number of hydrogen-bond donors (Lipinski definition) is 1. The molecule has 2 heterocycles. The summed E-state index contributed by atoms with van der Waals surface area (Å²) in [5, 5.41) is 14.0. The molecule has 0 saturated carbocycles. The van der Waals surface area contributed by atoms with Gasteiger partial charge in [-0.15, -0.1) is 10.2 Å². The summed E-state index contributed by atoms with van der Waals surface area (Å²) in [7, 11) is 0. The first-order chi connectivity index (χ1) is 11.1. The average molecular weight is 314 g/mol. The van der Waals surface area contributed by atoms with Crippen LogP contribution in [0.4, 0.5) is 0 Å². The Labute approximate surface area is 130 Å². The molecule has 23 heavy (non-hydrogen) atoms. The van der Waals surface area contributed by atoms with Gasteiger partial charge >= 0.3 is 5.63 Å². The summed E-state index contributed by atoms with van der Waals surface area (Å²) in [6.07, 6.45) is 0. The summed E-state index contributed by atoms with van der Waals surface area (Å²) in [6.45, 7) is 6.06. The van der Waals surface area contributed by atoms with Crippen molar-refractivity contribution in [3.05, 3.63) is 47.0 Å². The molecule has 0 aliphatic carbocycles. The molecule has 0 saturated heterocycles. The van der Waals surface area contributed by atoms with Crippen molar-refractivity contribution in [2.75, 3.05) is 13.2 Å². The summed E-state index contributed by atoms with van der Waals surface area (Å²) in [4.78, 5) is 12.1. The number of allylic oxidation sites excluding steroid dienone is 1. The van der Waals surface area contributed by atoms with Crippen LogP contribution < -0.4 is 10.4 Å². The van der Waals surface area contributed by atoms with Crippen LogP contribution in [0.2, 0.25) is 0 Å². The first kappa shape index (κ1) is 14.8. The lowest BCUT2D eigenvalue weighted by Crippen LogP contribution is -2.07. The monoisotopic (exact) mass is 314 g/mol. The van der Waals surface area contributed by atoms with Crippen LogP contribution in [0.5, 0.6) is 5.75 Å². The Morgan fingerprint density at radius 2 is 2.26 bits per heavy atom. The molecule has 0 spiro atoms. The molecular formula is C15H14N4O4. The lowest BCUT2D eigenvalue weighted by atomic mass is 10.1. The molecule has 118 valence electrons. The number of hydrogen-bond acceptors (Lipinski definition) is 7. The van der Waals surface area contributed by atoms with Crippen molar-refractivity contribution in [1.29, 1.82) is 0 Å².